The monoisotopic (exact) mass is 241 g/mol. The molecule has 0 aromatic rings. The summed E-state index contributed by atoms with van der Waals surface area (Å²) in [6, 6.07) is -1.04. The molecule has 0 aromatic carbocycles. The van der Waals surface area contributed by atoms with Gasteiger partial charge < -0.3 is 4.90 Å². The van der Waals surface area contributed by atoms with E-state index in [9.17, 15) is 14.4 Å². The van der Waals surface area contributed by atoms with Gasteiger partial charge in [0.25, 0.3) is 0 Å². The lowest BCUT2D eigenvalue weighted by molar-refractivity contribution is -0.137. The first-order valence-electron chi connectivity index (χ1n) is 5.69. The maximum atomic E-state index is 11.8. The Hall–Kier alpha value is -1.43. The third-order valence-corrected chi connectivity index (χ3v) is 3.05. The molecule has 6 nitrogen and oxygen atoms in total. The van der Waals surface area contributed by atoms with Crippen molar-refractivity contribution in [3.63, 3.8) is 0 Å². The summed E-state index contributed by atoms with van der Waals surface area (Å²) in [4.78, 5) is 37.4. The number of nitrogens with zero attached hydrogens (tertiary/aromatic N) is 2. The Morgan fingerprint density at radius 2 is 2.18 bits per heavy atom. The quantitative estimate of drug-likeness (QED) is 0.654. The van der Waals surface area contributed by atoms with Crippen LogP contribution < -0.4 is 5.32 Å². The van der Waals surface area contributed by atoms with Crippen LogP contribution in [0.5, 0.6) is 0 Å². The normalized spacial score (nSPS) is 21.9. The molecule has 1 heterocycles. The lowest BCUT2D eigenvalue weighted by Crippen LogP contribution is -2.49. The molecule has 0 radical (unpaired) electrons. The number of rotatable bonds is 4. The van der Waals surface area contributed by atoms with E-state index in [-0.39, 0.29) is 24.1 Å². The fourth-order valence-corrected chi connectivity index (χ4v) is 1.75. The molecule has 1 aliphatic heterocycles. The summed E-state index contributed by atoms with van der Waals surface area (Å²) in [5.41, 5.74) is 0. The van der Waals surface area contributed by atoms with E-state index >= 15 is 0 Å². The van der Waals surface area contributed by atoms with Crippen molar-refractivity contribution in [3.05, 3.63) is 0 Å². The van der Waals surface area contributed by atoms with Crippen LogP contribution in [0.1, 0.15) is 20.3 Å². The van der Waals surface area contributed by atoms with Crippen LogP contribution in [0, 0.1) is 0 Å². The highest BCUT2D eigenvalue weighted by Crippen LogP contribution is 2.11. The van der Waals surface area contributed by atoms with Gasteiger partial charge in [0, 0.05) is 20.6 Å². The third kappa shape index (κ3) is 2.82. The summed E-state index contributed by atoms with van der Waals surface area (Å²) in [6.07, 6.45) is 0.128. The average molecular weight is 241 g/mol. The van der Waals surface area contributed by atoms with Crippen molar-refractivity contribution in [1.29, 1.82) is 0 Å². The number of hydrogen-bond donors (Lipinski definition) is 1. The van der Waals surface area contributed by atoms with Crippen LogP contribution in [0.3, 0.4) is 0 Å². The predicted octanol–water partition coefficient (Wildman–Crippen LogP) is -0.800. The number of hydrogen-bond acceptors (Lipinski definition) is 4. The van der Waals surface area contributed by atoms with Crippen molar-refractivity contribution < 1.29 is 14.4 Å². The van der Waals surface area contributed by atoms with Gasteiger partial charge in [0.1, 0.15) is 0 Å². The molecule has 0 aliphatic carbocycles. The van der Waals surface area contributed by atoms with Crippen LogP contribution >= 0.6 is 0 Å². The first-order chi connectivity index (χ1) is 7.88. The summed E-state index contributed by atoms with van der Waals surface area (Å²) < 4.78 is 0. The Bertz CT molecular complexity index is 343. The van der Waals surface area contributed by atoms with Crippen LogP contribution in [-0.2, 0) is 14.4 Å². The molecule has 1 N–H and O–H groups in total. The minimum absolute atomic E-state index is 0.0812. The number of carbonyl (C=O) groups excluding carboxylic acids is 3. The second kappa shape index (κ2) is 5.27. The van der Waals surface area contributed by atoms with Crippen molar-refractivity contribution >= 4 is 17.7 Å². The van der Waals surface area contributed by atoms with Crippen LogP contribution in [0.4, 0.5) is 0 Å². The Labute approximate surface area is 101 Å². The van der Waals surface area contributed by atoms with Gasteiger partial charge in [-0.05, 0) is 13.8 Å². The van der Waals surface area contributed by atoms with Crippen molar-refractivity contribution in [3.8, 4) is 0 Å². The van der Waals surface area contributed by atoms with Gasteiger partial charge in [-0.1, -0.05) is 0 Å². The minimum atomic E-state index is -0.572. The van der Waals surface area contributed by atoms with E-state index in [1.54, 1.807) is 18.9 Å². The number of likely N-dealkylation sites (N-methyl/N-ethyl adjacent to an activating group) is 2. The summed E-state index contributed by atoms with van der Waals surface area (Å²) in [5.74, 6) is -0.563. The molecule has 0 saturated carbocycles. The summed E-state index contributed by atoms with van der Waals surface area (Å²) in [5, 5.41) is 2.90. The Balaban J connectivity index is 2.58. The SMILES string of the molecule is CCN(C)C(=O)C(C)NC1CC(=O)N(C)C1=O. The smallest absolute Gasteiger partial charge is 0.246 e. The molecule has 0 aromatic heterocycles. The minimum Gasteiger partial charge on any atom is -0.345 e. The highest BCUT2D eigenvalue weighted by atomic mass is 16.2. The maximum Gasteiger partial charge on any atom is 0.246 e. The van der Waals surface area contributed by atoms with Crippen molar-refractivity contribution in [2.45, 2.75) is 32.4 Å². The molecular weight excluding hydrogens is 222 g/mol. The molecule has 1 saturated heterocycles. The molecule has 1 aliphatic rings. The lowest BCUT2D eigenvalue weighted by atomic mass is 10.2. The van der Waals surface area contributed by atoms with Crippen LogP contribution in [0.2, 0.25) is 0 Å². The number of amides is 3. The molecule has 1 rings (SSSR count). The zero-order valence-electron chi connectivity index (χ0n) is 10.7. The van der Waals surface area contributed by atoms with Gasteiger partial charge in [-0.25, -0.2) is 0 Å². The molecule has 1 fully saturated rings. The molecule has 6 heteroatoms. The second-order valence-electron chi connectivity index (χ2n) is 4.29. The Morgan fingerprint density at radius 3 is 2.59 bits per heavy atom. The van der Waals surface area contributed by atoms with Gasteiger partial charge in [-0.2, -0.15) is 0 Å². The van der Waals surface area contributed by atoms with Gasteiger partial charge >= 0.3 is 0 Å². The first kappa shape index (κ1) is 13.6. The van der Waals surface area contributed by atoms with E-state index in [0.717, 1.165) is 4.90 Å². The highest BCUT2D eigenvalue weighted by molar-refractivity contribution is 6.05. The first-order valence-corrected chi connectivity index (χ1v) is 5.69. The zero-order valence-corrected chi connectivity index (χ0v) is 10.7. The summed E-state index contributed by atoms with van der Waals surface area (Å²) in [7, 11) is 3.16. The van der Waals surface area contributed by atoms with Gasteiger partial charge in [-0.15, -0.1) is 0 Å². The largest absolute Gasteiger partial charge is 0.345 e. The maximum absolute atomic E-state index is 11.8. The summed E-state index contributed by atoms with van der Waals surface area (Å²) in [6.45, 7) is 4.19. The van der Waals surface area contributed by atoms with Gasteiger partial charge in [0.15, 0.2) is 0 Å². The Morgan fingerprint density at radius 1 is 1.59 bits per heavy atom. The Kier molecular flexibility index (Phi) is 4.22. The number of carbonyl (C=O) groups is 3. The fraction of sp³-hybridized carbons (Fsp3) is 0.727. The van der Waals surface area contributed by atoms with E-state index in [4.69, 9.17) is 0 Å². The fourth-order valence-electron chi connectivity index (χ4n) is 1.75. The van der Waals surface area contributed by atoms with E-state index < -0.39 is 12.1 Å². The molecule has 2 unspecified atom stereocenters. The van der Waals surface area contributed by atoms with Gasteiger partial charge in [0.2, 0.25) is 17.7 Å². The third-order valence-electron chi connectivity index (χ3n) is 3.05. The number of nitrogens with one attached hydrogen (secondary N) is 1. The molecule has 17 heavy (non-hydrogen) atoms. The molecule has 0 bridgehead atoms. The second-order valence-corrected chi connectivity index (χ2v) is 4.29. The summed E-state index contributed by atoms with van der Waals surface area (Å²) >= 11 is 0. The average Bonchev–Trinajstić information content (AvgIpc) is 2.55. The zero-order chi connectivity index (χ0) is 13.2. The molecule has 0 spiro atoms. The van der Waals surface area contributed by atoms with Crippen LogP contribution in [0.25, 0.3) is 0 Å². The van der Waals surface area contributed by atoms with Crippen molar-refractivity contribution in [2.75, 3.05) is 20.6 Å². The highest BCUT2D eigenvalue weighted by Gasteiger charge is 2.37. The molecule has 3 amide bonds. The number of likely N-dealkylation sites (tertiary alicyclic amines) is 1. The topological polar surface area (TPSA) is 69.7 Å². The lowest BCUT2D eigenvalue weighted by Gasteiger charge is -2.22. The van der Waals surface area contributed by atoms with Crippen molar-refractivity contribution in [1.82, 2.24) is 15.1 Å². The standard InChI is InChI=1S/C11H19N3O3/c1-5-13(3)10(16)7(2)12-8-6-9(15)14(4)11(8)17/h7-8,12H,5-6H2,1-4H3. The van der Waals surface area contributed by atoms with Crippen LogP contribution in [0.15, 0.2) is 0 Å². The van der Waals surface area contributed by atoms with E-state index in [0.29, 0.717) is 6.54 Å². The number of imide groups is 1. The van der Waals surface area contributed by atoms with Gasteiger partial charge in [-0.3, -0.25) is 24.6 Å². The molecule has 96 valence electrons. The predicted molar refractivity (Wildman–Crippen MR) is 62.1 cm³/mol. The van der Waals surface area contributed by atoms with Gasteiger partial charge in [0.05, 0.1) is 18.5 Å². The van der Waals surface area contributed by atoms with E-state index in [1.165, 1.54) is 7.05 Å². The molecular formula is C11H19N3O3. The van der Waals surface area contributed by atoms with E-state index in [2.05, 4.69) is 5.32 Å². The van der Waals surface area contributed by atoms with Crippen molar-refractivity contribution in [2.24, 2.45) is 0 Å². The van der Waals surface area contributed by atoms with Crippen LogP contribution in [-0.4, -0.2) is 60.2 Å². The molecule has 2 atom stereocenters. The van der Waals surface area contributed by atoms with E-state index in [1.807, 2.05) is 6.92 Å².